The van der Waals surface area contributed by atoms with Gasteiger partial charge >= 0.3 is 0 Å². The highest BCUT2D eigenvalue weighted by Gasteiger charge is 2.34. The number of rotatable bonds is 3. The Morgan fingerprint density at radius 3 is 2.56 bits per heavy atom. The molecule has 1 aliphatic heterocycles. The summed E-state index contributed by atoms with van der Waals surface area (Å²) in [5.74, 6) is 0.479. The van der Waals surface area contributed by atoms with Gasteiger partial charge < -0.3 is 5.32 Å². The van der Waals surface area contributed by atoms with Crippen LogP contribution in [0, 0.1) is 0 Å². The van der Waals surface area contributed by atoms with Gasteiger partial charge in [0.1, 0.15) is 5.70 Å². The Labute approximate surface area is 164 Å². The number of nitrogens with one attached hydrogen (secondary N) is 1. The first-order valence-corrected chi connectivity index (χ1v) is 9.80. The van der Waals surface area contributed by atoms with E-state index in [1.54, 1.807) is 17.0 Å². The normalized spacial score (nSPS) is 21.1. The second kappa shape index (κ2) is 7.97. The summed E-state index contributed by atoms with van der Waals surface area (Å²) in [5.41, 5.74) is 2.22. The minimum atomic E-state index is -0.115. The van der Waals surface area contributed by atoms with Crippen LogP contribution in [-0.2, 0) is 4.79 Å². The molecule has 0 radical (unpaired) electrons. The van der Waals surface area contributed by atoms with Crippen molar-refractivity contribution in [3.8, 4) is 0 Å². The molecular formula is C22H22ClN3O. The Morgan fingerprint density at radius 1 is 1.04 bits per heavy atom. The molecule has 0 spiro atoms. The number of nitrogens with zero attached hydrogens (tertiary/aromatic N) is 2. The van der Waals surface area contributed by atoms with E-state index in [1.165, 1.54) is 19.3 Å². The zero-order valence-corrected chi connectivity index (χ0v) is 15.8. The highest BCUT2D eigenvalue weighted by atomic mass is 35.5. The number of guanidine groups is 1. The maximum absolute atomic E-state index is 13.1. The van der Waals surface area contributed by atoms with Crippen LogP contribution in [0.15, 0.2) is 65.3 Å². The van der Waals surface area contributed by atoms with Crippen LogP contribution in [0.5, 0.6) is 0 Å². The number of carbonyl (C=O) groups excluding carboxylic acids is 1. The van der Waals surface area contributed by atoms with Crippen molar-refractivity contribution in [2.45, 2.75) is 38.1 Å². The number of carbonyl (C=O) groups is 1. The van der Waals surface area contributed by atoms with E-state index >= 15 is 0 Å². The van der Waals surface area contributed by atoms with Crippen LogP contribution in [0.2, 0.25) is 5.02 Å². The smallest absolute Gasteiger partial charge is 0.281 e. The molecular weight excluding hydrogens is 358 g/mol. The number of hydrogen-bond donors (Lipinski definition) is 1. The Bertz CT molecular complexity index is 885. The largest absolute Gasteiger partial charge is 0.321 e. The lowest BCUT2D eigenvalue weighted by Gasteiger charge is -2.21. The van der Waals surface area contributed by atoms with Crippen LogP contribution in [0.1, 0.15) is 37.7 Å². The van der Waals surface area contributed by atoms with E-state index in [0.29, 0.717) is 16.7 Å². The van der Waals surface area contributed by atoms with Gasteiger partial charge in [0.15, 0.2) is 0 Å². The summed E-state index contributed by atoms with van der Waals surface area (Å²) in [5, 5.41) is 3.84. The average molecular weight is 380 g/mol. The molecule has 27 heavy (non-hydrogen) atoms. The fraction of sp³-hybridized carbons (Fsp3) is 0.273. The van der Waals surface area contributed by atoms with Crippen molar-refractivity contribution in [2.24, 2.45) is 4.99 Å². The quantitative estimate of drug-likeness (QED) is 0.762. The lowest BCUT2D eigenvalue weighted by atomic mass is 9.96. The van der Waals surface area contributed by atoms with E-state index in [0.717, 1.165) is 24.1 Å². The van der Waals surface area contributed by atoms with Gasteiger partial charge in [-0.15, -0.1) is 0 Å². The lowest BCUT2D eigenvalue weighted by Crippen LogP contribution is -2.34. The molecule has 1 saturated heterocycles. The standard InChI is InChI=1S/C22H22ClN3O/c23-17-10-7-13-19(15-17)26-21(27)20(14-16-8-3-1-4-9-16)25-22(26)24-18-11-5-2-6-12-18/h1,3-4,7-10,13-15,18H,2,5-6,11-12H2,(H,24,25)/b20-14+. The first-order valence-electron chi connectivity index (χ1n) is 9.42. The number of benzene rings is 2. The fourth-order valence-corrected chi connectivity index (χ4v) is 3.77. The van der Waals surface area contributed by atoms with E-state index < -0.39 is 0 Å². The maximum Gasteiger partial charge on any atom is 0.281 e. The molecule has 4 rings (SSSR count). The third-order valence-electron chi connectivity index (χ3n) is 4.95. The molecule has 1 heterocycles. The lowest BCUT2D eigenvalue weighted by molar-refractivity contribution is -0.113. The Hall–Kier alpha value is -2.59. The molecule has 1 saturated carbocycles. The van der Waals surface area contributed by atoms with Gasteiger partial charge in [-0.3, -0.25) is 4.79 Å². The molecule has 2 fully saturated rings. The van der Waals surface area contributed by atoms with Crippen LogP contribution in [-0.4, -0.2) is 17.9 Å². The molecule has 2 aromatic carbocycles. The molecule has 1 aliphatic carbocycles. The van der Waals surface area contributed by atoms with Gasteiger partial charge in [0.2, 0.25) is 5.96 Å². The van der Waals surface area contributed by atoms with Crippen LogP contribution < -0.4 is 10.2 Å². The van der Waals surface area contributed by atoms with Crippen LogP contribution in [0.25, 0.3) is 6.08 Å². The van der Waals surface area contributed by atoms with E-state index in [1.807, 2.05) is 48.5 Å². The van der Waals surface area contributed by atoms with Gasteiger partial charge in [0, 0.05) is 5.02 Å². The molecule has 2 aromatic rings. The van der Waals surface area contributed by atoms with Crippen molar-refractivity contribution in [3.63, 3.8) is 0 Å². The fourth-order valence-electron chi connectivity index (χ4n) is 3.59. The van der Waals surface area contributed by atoms with Gasteiger partial charge in [-0.1, -0.05) is 67.3 Å². The molecule has 1 amide bonds. The second-order valence-corrected chi connectivity index (χ2v) is 7.40. The minimum absolute atomic E-state index is 0.115. The third-order valence-corrected chi connectivity index (χ3v) is 5.18. The zero-order chi connectivity index (χ0) is 18.6. The molecule has 4 nitrogen and oxygen atoms in total. The molecule has 5 heteroatoms. The number of halogens is 1. The minimum Gasteiger partial charge on any atom is -0.321 e. The van der Waals surface area contributed by atoms with Gasteiger partial charge in [0.05, 0.1) is 11.7 Å². The summed E-state index contributed by atoms with van der Waals surface area (Å²) in [6.07, 6.45) is 7.66. The van der Waals surface area contributed by atoms with Crippen LogP contribution in [0.3, 0.4) is 0 Å². The molecule has 0 atom stereocenters. The third kappa shape index (κ3) is 4.06. The van der Waals surface area contributed by atoms with Crippen molar-refractivity contribution in [1.29, 1.82) is 0 Å². The number of anilines is 1. The van der Waals surface area contributed by atoms with Gasteiger partial charge in [-0.05, 0) is 42.7 Å². The Kier molecular flexibility index (Phi) is 5.26. The van der Waals surface area contributed by atoms with Crippen molar-refractivity contribution in [3.05, 3.63) is 70.9 Å². The number of hydrogen-bond acceptors (Lipinski definition) is 2. The maximum atomic E-state index is 13.1. The second-order valence-electron chi connectivity index (χ2n) is 6.96. The Balaban J connectivity index is 1.71. The predicted molar refractivity (Wildman–Crippen MR) is 111 cm³/mol. The monoisotopic (exact) mass is 379 g/mol. The highest BCUT2D eigenvalue weighted by Crippen LogP contribution is 2.27. The summed E-state index contributed by atoms with van der Waals surface area (Å²) in [6, 6.07) is 17.4. The molecule has 2 aliphatic rings. The molecule has 0 unspecified atom stereocenters. The summed E-state index contributed by atoms with van der Waals surface area (Å²) >= 11 is 6.16. The Morgan fingerprint density at radius 2 is 1.81 bits per heavy atom. The summed E-state index contributed by atoms with van der Waals surface area (Å²) in [7, 11) is 0. The van der Waals surface area contributed by atoms with Gasteiger partial charge in [-0.2, -0.15) is 0 Å². The van der Waals surface area contributed by atoms with Crippen LogP contribution >= 0.6 is 11.6 Å². The molecule has 0 bridgehead atoms. The van der Waals surface area contributed by atoms with Crippen molar-refractivity contribution < 1.29 is 4.79 Å². The molecule has 1 N–H and O–H groups in total. The van der Waals surface area contributed by atoms with E-state index in [4.69, 9.17) is 16.6 Å². The van der Waals surface area contributed by atoms with Gasteiger partial charge in [-0.25, -0.2) is 9.89 Å². The zero-order valence-electron chi connectivity index (χ0n) is 15.1. The van der Waals surface area contributed by atoms with Crippen molar-refractivity contribution >= 4 is 35.2 Å². The predicted octanol–water partition coefficient (Wildman–Crippen LogP) is 5.01. The van der Waals surface area contributed by atoms with Gasteiger partial charge in [0.25, 0.3) is 5.91 Å². The number of amides is 1. The SMILES string of the molecule is O=C1/C(=C\c2ccccc2)NC(=NC2CCCCC2)N1c1cccc(Cl)c1. The van der Waals surface area contributed by atoms with E-state index in [2.05, 4.69) is 5.32 Å². The topological polar surface area (TPSA) is 44.7 Å². The van der Waals surface area contributed by atoms with Crippen molar-refractivity contribution in [1.82, 2.24) is 5.32 Å². The van der Waals surface area contributed by atoms with Crippen LogP contribution in [0.4, 0.5) is 5.69 Å². The number of aliphatic imine (C=N–C) groups is 1. The first kappa shape index (κ1) is 17.8. The summed E-state index contributed by atoms with van der Waals surface area (Å²) < 4.78 is 0. The first-order chi connectivity index (χ1) is 13.2. The van der Waals surface area contributed by atoms with E-state index in [9.17, 15) is 4.79 Å². The van der Waals surface area contributed by atoms with E-state index in [-0.39, 0.29) is 11.9 Å². The molecule has 0 aromatic heterocycles. The average Bonchev–Trinajstić information content (AvgIpc) is 2.98. The highest BCUT2D eigenvalue weighted by molar-refractivity contribution is 6.32. The molecule has 138 valence electrons. The van der Waals surface area contributed by atoms with Crippen molar-refractivity contribution in [2.75, 3.05) is 4.90 Å². The summed E-state index contributed by atoms with van der Waals surface area (Å²) in [4.78, 5) is 19.7. The summed E-state index contributed by atoms with van der Waals surface area (Å²) in [6.45, 7) is 0.